The van der Waals surface area contributed by atoms with Gasteiger partial charge in [-0.15, -0.1) is 11.3 Å². The molecule has 1 amide bonds. The van der Waals surface area contributed by atoms with Gasteiger partial charge < -0.3 is 5.32 Å². The van der Waals surface area contributed by atoms with E-state index >= 15 is 0 Å². The van der Waals surface area contributed by atoms with Crippen LogP contribution in [0.1, 0.15) is 23.2 Å². The van der Waals surface area contributed by atoms with Crippen LogP contribution in [0.25, 0.3) is 10.2 Å². The summed E-state index contributed by atoms with van der Waals surface area (Å²) in [6.07, 6.45) is 0. The Balaban J connectivity index is 1.83. The van der Waals surface area contributed by atoms with E-state index in [1.807, 2.05) is 20.8 Å². The summed E-state index contributed by atoms with van der Waals surface area (Å²) >= 11 is 2.93. The SMILES string of the molecule is Cc1nc(SC(C)C(=O)Nc2ccc(F)c(F)c2)c2c(C)c(C)sc2n1. The van der Waals surface area contributed by atoms with Crippen LogP contribution in [0.2, 0.25) is 0 Å². The Morgan fingerprint density at radius 3 is 2.62 bits per heavy atom. The number of nitrogens with one attached hydrogen (secondary N) is 1. The highest BCUT2D eigenvalue weighted by molar-refractivity contribution is 8.00. The van der Waals surface area contributed by atoms with Gasteiger partial charge in [0.1, 0.15) is 15.7 Å². The van der Waals surface area contributed by atoms with Gasteiger partial charge >= 0.3 is 0 Å². The molecule has 0 aliphatic carbocycles. The Morgan fingerprint density at radius 2 is 1.92 bits per heavy atom. The molecule has 4 nitrogen and oxygen atoms in total. The molecule has 1 aromatic carbocycles. The van der Waals surface area contributed by atoms with Crippen LogP contribution in [0.3, 0.4) is 0 Å². The molecule has 0 aliphatic heterocycles. The standard InChI is InChI=1S/C18H17F2N3OS2/c1-8-9(2)25-17-15(8)18(22-11(4)21-17)26-10(3)16(24)23-12-5-6-13(19)14(20)7-12/h5-7,10H,1-4H3,(H,23,24). The van der Waals surface area contributed by atoms with Gasteiger partial charge in [0.25, 0.3) is 0 Å². The van der Waals surface area contributed by atoms with E-state index in [-0.39, 0.29) is 11.6 Å². The van der Waals surface area contributed by atoms with E-state index in [1.54, 1.807) is 18.3 Å². The molecule has 0 radical (unpaired) electrons. The normalized spacial score (nSPS) is 12.4. The maximum atomic E-state index is 13.3. The van der Waals surface area contributed by atoms with E-state index in [1.165, 1.54) is 22.7 Å². The van der Waals surface area contributed by atoms with Crippen LogP contribution in [-0.2, 0) is 4.79 Å². The lowest BCUT2D eigenvalue weighted by molar-refractivity contribution is -0.115. The second-order valence-corrected chi connectivity index (χ2v) is 8.45. The van der Waals surface area contributed by atoms with E-state index < -0.39 is 16.9 Å². The number of rotatable bonds is 4. The second-order valence-electron chi connectivity index (χ2n) is 5.92. The fourth-order valence-electron chi connectivity index (χ4n) is 2.44. The fraction of sp³-hybridized carbons (Fsp3) is 0.278. The van der Waals surface area contributed by atoms with E-state index in [2.05, 4.69) is 15.3 Å². The molecule has 0 saturated carbocycles. The molecule has 26 heavy (non-hydrogen) atoms. The number of aryl methyl sites for hydroxylation is 3. The molecule has 0 fully saturated rings. The first-order valence-corrected chi connectivity index (χ1v) is 9.62. The van der Waals surface area contributed by atoms with Crippen LogP contribution >= 0.6 is 23.1 Å². The summed E-state index contributed by atoms with van der Waals surface area (Å²) in [5, 5.41) is 3.85. The van der Waals surface area contributed by atoms with Crippen molar-refractivity contribution in [3.8, 4) is 0 Å². The average Bonchev–Trinajstić information content (AvgIpc) is 2.85. The zero-order chi connectivity index (χ0) is 19.0. The molecule has 8 heteroatoms. The van der Waals surface area contributed by atoms with Crippen molar-refractivity contribution in [1.29, 1.82) is 0 Å². The topological polar surface area (TPSA) is 54.9 Å². The Hall–Kier alpha value is -2.06. The van der Waals surface area contributed by atoms with Crippen molar-refractivity contribution in [2.75, 3.05) is 5.32 Å². The van der Waals surface area contributed by atoms with Gasteiger partial charge in [0.05, 0.1) is 5.25 Å². The molecule has 1 N–H and O–H groups in total. The zero-order valence-corrected chi connectivity index (χ0v) is 16.3. The number of hydrogen-bond acceptors (Lipinski definition) is 5. The van der Waals surface area contributed by atoms with E-state index in [0.717, 1.165) is 32.9 Å². The molecular weight excluding hydrogens is 376 g/mol. The van der Waals surface area contributed by atoms with Crippen molar-refractivity contribution in [1.82, 2.24) is 9.97 Å². The first kappa shape index (κ1) is 18.7. The summed E-state index contributed by atoms with van der Waals surface area (Å²) in [6.45, 7) is 7.62. The lowest BCUT2D eigenvalue weighted by Crippen LogP contribution is -2.22. The smallest absolute Gasteiger partial charge is 0.237 e. The number of carbonyl (C=O) groups is 1. The molecule has 0 saturated heterocycles. The Bertz CT molecular complexity index is 1000. The molecule has 3 rings (SSSR count). The van der Waals surface area contributed by atoms with Crippen molar-refractivity contribution in [2.45, 2.75) is 38.0 Å². The van der Waals surface area contributed by atoms with Crippen molar-refractivity contribution in [3.05, 3.63) is 46.1 Å². The number of carbonyl (C=O) groups excluding carboxylic acids is 1. The molecule has 2 heterocycles. The van der Waals surface area contributed by atoms with Gasteiger partial charge in [-0.25, -0.2) is 18.7 Å². The van der Waals surface area contributed by atoms with Crippen molar-refractivity contribution >= 4 is 44.9 Å². The monoisotopic (exact) mass is 393 g/mol. The fourth-order valence-corrected chi connectivity index (χ4v) is 4.63. The molecule has 1 unspecified atom stereocenters. The molecule has 1 atom stereocenters. The van der Waals surface area contributed by atoms with Gasteiger partial charge in [0.15, 0.2) is 11.6 Å². The van der Waals surface area contributed by atoms with Crippen LogP contribution in [0.15, 0.2) is 23.2 Å². The minimum Gasteiger partial charge on any atom is -0.325 e. The number of hydrogen-bond donors (Lipinski definition) is 1. The van der Waals surface area contributed by atoms with E-state index in [0.29, 0.717) is 5.82 Å². The molecule has 3 aromatic rings. The van der Waals surface area contributed by atoms with E-state index in [4.69, 9.17) is 0 Å². The van der Waals surface area contributed by atoms with Crippen LogP contribution in [-0.4, -0.2) is 21.1 Å². The number of anilines is 1. The third kappa shape index (κ3) is 3.71. The predicted molar refractivity (Wildman–Crippen MR) is 102 cm³/mol. The van der Waals surface area contributed by atoms with E-state index in [9.17, 15) is 13.6 Å². The Kier molecular flexibility index (Phi) is 5.24. The van der Waals surface area contributed by atoms with Gasteiger partial charge in [0, 0.05) is 22.0 Å². The number of aromatic nitrogens is 2. The molecule has 2 aromatic heterocycles. The van der Waals surface area contributed by atoms with Gasteiger partial charge in [-0.3, -0.25) is 4.79 Å². The predicted octanol–water partition coefficient (Wildman–Crippen LogP) is 5.01. The Morgan fingerprint density at radius 1 is 1.19 bits per heavy atom. The number of benzene rings is 1. The molecule has 0 bridgehead atoms. The highest BCUT2D eigenvalue weighted by Gasteiger charge is 2.20. The van der Waals surface area contributed by atoms with Crippen molar-refractivity contribution < 1.29 is 13.6 Å². The first-order chi connectivity index (χ1) is 12.3. The average molecular weight is 393 g/mol. The summed E-state index contributed by atoms with van der Waals surface area (Å²) in [7, 11) is 0. The quantitative estimate of drug-likeness (QED) is 0.500. The number of amides is 1. The lowest BCUT2D eigenvalue weighted by Gasteiger charge is -2.13. The summed E-state index contributed by atoms with van der Waals surface area (Å²) < 4.78 is 26.3. The summed E-state index contributed by atoms with van der Waals surface area (Å²) in [5.41, 5.74) is 1.33. The number of halogens is 2. The highest BCUT2D eigenvalue weighted by atomic mass is 32.2. The number of thiophene rings is 1. The van der Waals surface area contributed by atoms with Gasteiger partial charge in [0.2, 0.25) is 5.91 Å². The maximum Gasteiger partial charge on any atom is 0.237 e. The summed E-state index contributed by atoms with van der Waals surface area (Å²) in [5.74, 6) is -1.61. The van der Waals surface area contributed by atoms with Crippen molar-refractivity contribution in [3.63, 3.8) is 0 Å². The van der Waals surface area contributed by atoms with Crippen LogP contribution < -0.4 is 5.32 Å². The van der Waals surface area contributed by atoms with Crippen LogP contribution in [0.5, 0.6) is 0 Å². The summed E-state index contributed by atoms with van der Waals surface area (Å²) in [4.78, 5) is 23.5. The van der Waals surface area contributed by atoms with Gasteiger partial charge in [-0.05, 0) is 45.4 Å². The minimum atomic E-state index is -0.999. The first-order valence-electron chi connectivity index (χ1n) is 7.93. The number of nitrogens with zero attached hydrogens (tertiary/aromatic N) is 2. The molecule has 136 valence electrons. The van der Waals surface area contributed by atoms with Gasteiger partial charge in [-0.1, -0.05) is 11.8 Å². The zero-order valence-electron chi connectivity index (χ0n) is 14.7. The largest absolute Gasteiger partial charge is 0.325 e. The third-order valence-corrected chi connectivity index (χ3v) is 6.14. The number of thioether (sulfide) groups is 1. The maximum absolute atomic E-state index is 13.3. The van der Waals surface area contributed by atoms with Crippen LogP contribution in [0, 0.1) is 32.4 Å². The number of fused-ring (bicyclic) bond motifs is 1. The molecule has 0 spiro atoms. The lowest BCUT2D eigenvalue weighted by atomic mass is 10.2. The van der Waals surface area contributed by atoms with Gasteiger partial charge in [-0.2, -0.15) is 0 Å². The third-order valence-electron chi connectivity index (χ3n) is 3.95. The summed E-state index contributed by atoms with van der Waals surface area (Å²) in [6, 6.07) is 3.27. The molecular formula is C18H17F2N3OS2. The molecule has 0 aliphatic rings. The van der Waals surface area contributed by atoms with Crippen molar-refractivity contribution in [2.24, 2.45) is 0 Å². The Labute approximate surface area is 158 Å². The minimum absolute atomic E-state index is 0.216. The van der Waals surface area contributed by atoms with Crippen LogP contribution in [0.4, 0.5) is 14.5 Å². The highest BCUT2D eigenvalue weighted by Crippen LogP contribution is 2.36. The second kappa shape index (κ2) is 7.28.